The number of aliphatic carboxylic acids is 1. The van der Waals surface area contributed by atoms with Gasteiger partial charge in [-0.05, 0) is 34.6 Å². The van der Waals surface area contributed by atoms with Crippen LogP contribution in [-0.2, 0) is 9.53 Å². The molecule has 2 aromatic carbocycles. The first kappa shape index (κ1) is 20.5. The zero-order chi connectivity index (χ0) is 21.1. The lowest BCUT2D eigenvalue weighted by molar-refractivity contribution is -0.143. The van der Waals surface area contributed by atoms with Crippen molar-refractivity contribution in [2.24, 2.45) is 5.92 Å². The number of benzene rings is 2. The number of fused-ring (bicyclic) bond motifs is 3. The van der Waals surface area contributed by atoms with Gasteiger partial charge >= 0.3 is 12.1 Å². The lowest BCUT2D eigenvalue weighted by Gasteiger charge is -2.30. The third-order valence-electron chi connectivity index (χ3n) is 6.66. The highest BCUT2D eigenvalue weighted by Crippen LogP contribution is 2.44. The van der Waals surface area contributed by atoms with Gasteiger partial charge in [-0.15, -0.1) is 0 Å². The monoisotopic (exact) mass is 407 g/mol. The molecule has 0 radical (unpaired) electrons. The Bertz CT molecular complexity index is 873. The van der Waals surface area contributed by atoms with Gasteiger partial charge in [0.15, 0.2) is 0 Å². The van der Waals surface area contributed by atoms with Gasteiger partial charge in [0.1, 0.15) is 12.6 Å². The molecule has 2 aliphatic carbocycles. The third kappa shape index (κ3) is 4.07. The molecule has 0 bridgehead atoms. The topological polar surface area (TPSA) is 66.8 Å². The van der Waals surface area contributed by atoms with E-state index >= 15 is 0 Å². The molecule has 0 unspecified atom stereocenters. The number of hydrogen-bond donors (Lipinski definition) is 1. The third-order valence-corrected chi connectivity index (χ3v) is 6.66. The van der Waals surface area contributed by atoms with E-state index in [-0.39, 0.29) is 12.5 Å². The second-order valence-electron chi connectivity index (χ2n) is 8.51. The lowest BCUT2D eigenvalue weighted by atomic mass is 9.84. The first-order valence-electron chi connectivity index (χ1n) is 10.9. The maximum atomic E-state index is 12.8. The molecule has 0 aromatic heterocycles. The van der Waals surface area contributed by atoms with Crippen molar-refractivity contribution in [1.29, 1.82) is 0 Å². The summed E-state index contributed by atoms with van der Waals surface area (Å²) in [4.78, 5) is 25.9. The summed E-state index contributed by atoms with van der Waals surface area (Å²) < 4.78 is 5.65. The van der Waals surface area contributed by atoms with Crippen LogP contribution in [0.4, 0.5) is 4.79 Å². The van der Waals surface area contributed by atoms with Crippen LogP contribution < -0.4 is 0 Å². The molecule has 2 aliphatic rings. The van der Waals surface area contributed by atoms with Crippen LogP contribution in [0.1, 0.15) is 55.6 Å². The van der Waals surface area contributed by atoms with E-state index in [0.717, 1.165) is 36.8 Å². The molecule has 5 heteroatoms. The highest BCUT2D eigenvalue weighted by molar-refractivity contribution is 5.81. The van der Waals surface area contributed by atoms with Crippen molar-refractivity contribution in [2.45, 2.75) is 50.5 Å². The lowest BCUT2D eigenvalue weighted by Crippen LogP contribution is -2.44. The summed E-state index contributed by atoms with van der Waals surface area (Å²) in [5, 5.41) is 9.71. The fourth-order valence-electron chi connectivity index (χ4n) is 4.99. The van der Waals surface area contributed by atoms with Gasteiger partial charge < -0.3 is 9.84 Å². The smallest absolute Gasteiger partial charge is 0.410 e. The van der Waals surface area contributed by atoms with Crippen molar-refractivity contribution in [1.82, 2.24) is 4.90 Å². The van der Waals surface area contributed by atoms with Crippen LogP contribution in [-0.4, -0.2) is 41.8 Å². The standard InChI is InChI=1S/C25H29NO4/c1-26(23(24(27)28)15-17-9-3-2-4-10-17)25(29)30-16-22-20-13-7-5-11-18(20)19-12-6-8-14-21(19)22/h5-8,11-14,17,22-23H,2-4,9-10,15-16H2,1H3,(H,27,28)/t23-/m1/s1. The molecule has 30 heavy (non-hydrogen) atoms. The zero-order valence-corrected chi connectivity index (χ0v) is 17.4. The Kier molecular flexibility index (Phi) is 6.07. The minimum absolute atomic E-state index is 0.0311. The predicted octanol–water partition coefficient (Wildman–Crippen LogP) is 5.29. The maximum Gasteiger partial charge on any atom is 0.410 e. The van der Waals surface area contributed by atoms with Gasteiger partial charge in [-0.25, -0.2) is 9.59 Å². The van der Waals surface area contributed by atoms with Crippen molar-refractivity contribution in [3.63, 3.8) is 0 Å². The number of amides is 1. The van der Waals surface area contributed by atoms with E-state index in [9.17, 15) is 14.7 Å². The van der Waals surface area contributed by atoms with E-state index < -0.39 is 18.1 Å². The van der Waals surface area contributed by atoms with E-state index in [2.05, 4.69) is 24.3 Å². The van der Waals surface area contributed by atoms with Gasteiger partial charge in [0.2, 0.25) is 0 Å². The molecule has 0 saturated heterocycles. The van der Waals surface area contributed by atoms with E-state index in [1.807, 2.05) is 24.3 Å². The molecule has 2 aromatic rings. The molecule has 0 heterocycles. The van der Waals surface area contributed by atoms with Crippen LogP contribution in [0.25, 0.3) is 11.1 Å². The van der Waals surface area contributed by atoms with E-state index in [1.54, 1.807) is 7.05 Å². The molecule has 1 fully saturated rings. The first-order valence-corrected chi connectivity index (χ1v) is 10.9. The fourth-order valence-corrected chi connectivity index (χ4v) is 4.99. The van der Waals surface area contributed by atoms with Gasteiger partial charge in [-0.3, -0.25) is 4.90 Å². The van der Waals surface area contributed by atoms with Crippen molar-refractivity contribution in [3.8, 4) is 11.1 Å². The summed E-state index contributed by atoms with van der Waals surface area (Å²) in [6.07, 6.45) is 5.52. The number of hydrogen-bond acceptors (Lipinski definition) is 3. The largest absolute Gasteiger partial charge is 0.480 e. The Morgan fingerprint density at radius 1 is 1.00 bits per heavy atom. The number of carboxylic acid groups (broad SMARTS) is 1. The summed E-state index contributed by atoms with van der Waals surface area (Å²) in [6.45, 7) is 0.201. The summed E-state index contributed by atoms with van der Waals surface area (Å²) in [7, 11) is 1.54. The molecule has 1 saturated carbocycles. The average molecular weight is 408 g/mol. The molecular weight excluding hydrogens is 378 g/mol. The van der Waals surface area contributed by atoms with Crippen molar-refractivity contribution in [3.05, 3.63) is 59.7 Å². The van der Waals surface area contributed by atoms with Crippen LogP contribution in [0.2, 0.25) is 0 Å². The summed E-state index contributed by atoms with van der Waals surface area (Å²) >= 11 is 0. The Morgan fingerprint density at radius 2 is 1.57 bits per heavy atom. The second kappa shape index (κ2) is 8.90. The van der Waals surface area contributed by atoms with E-state index in [4.69, 9.17) is 4.74 Å². The molecule has 158 valence electrons. The number of carbonyl (C=O) groups excluding carboxylic acids is 1. The van der Waals surface area contributed by atoms with Gasteiger partial charge in [0, 0.05) is 13.0 Å². The van der Waals surface area contributed by atoms with Crippen molar-refractivity contribution < 1.29 is 19.4 Å². The van der Waals surface area contributed by atoms with Crippen molar-refractivity contribution >= 4 is 12.1 Å². The molecule has 0 spiro atoms. The molecule has 4 rings (SSSR count). The highest BCUT2D eigenvalue weighted by Gasteiger charge is 2.33. The number of nitrogens with zero attached hydrogens (tertiary/aromatic N) is 1. The number of ether oxygens (including phenoxy) is 1. The van der Waals surface area contributed by atoms with Gasteiger partial charge in [-0.2, -0.15) is 0 Å². The average Bonchev–Trinajstić information content (AvgIpc) is 3.09. The Balaban J connectivity index is 1.44. The Labute approximate surface area is 177 Å². The molecule has 1 atom stereocenters. The Morgan fingerprint density at radius 3 is 2.13 bits per heavy atom. The van der Waals surface area contributed by atoms with Gasteiger partial charge in [-0.1, -0.05) is 80.6 Å². The predicted molar refractivity (Wildman–Crippen MR) is 115 cm³/mol. The quantitative estimate of drug-likeness (QED) is 0.706. The zero-order valence-electron chi connectivity index (χ0n) is 17.4. The molecule has 0 aliphatic heterocycles. The Hall–Kier alpha value is -2.82. The van der Waals surface area contributed by atoms with Gasteiger partial charge in [0.25, 0.3) is 0 Å². The number of carboxylic acids is 1. The number of carbonyl (C=O) groups is 2. The number of likely N-dealkylation sites (N-methyl/N-ethyl adjacent to an activating group) is 1. The minimum atomic E-state index is -0.961. The summed E-state index contributed by atoms with van der Waals surface area (Å²) in [5.41, 5.74) is 4.63. The summed E-state index contributed by atoms with van der Waals surface area (Å²) in [6, 6.07) is 15.5. The second-order valence-corrected chi connectivity index (χ2v) is 8.51. The number of rotatable bonds is 6. The van der Waals surface area contributed by atoms with Crippen LogP contribution in [0.5, 0.6) is 0 Å². The maximum absolute atomic E-state index is 12.8. The molecule has 1 N–H and O–H groups in total. The van der Waals surface area contributed by atoms with Crippen LogP contribution in [0, 0.1) is 5.92 Å². The molecule has 5 nitrogen and oxygen atoms in total. The van der Waals surface area contributed by atoms with Crippen molar-refractivity contribution in [2.75, 3.05) is 13.7 Å². The van der Waals surface area contributed by atoms with E-state index in [0.29, 0.717) is 12.3 Å². The normalized spacial score (nSPS) is 17.1. The summed E-state index contributed by atoms with van der Waals surface area (Å²) in [5.74, 6) is -0.628. The van der Waals surface area contributed by atoms with Crippen LogP contribution >= 0.6 is 0 Å². The van der Waals surface area contributed by atoms with E-state index in [1.165, 1.54) is 22.4 Å². The van der Waals surface area contributed by atoms with Crippen LogP contribution in [0.3, 0.4) is 0 Å². The first-order chi connectivity index (χ1) is 14.6. The fraction of sp³-hybridized carbons (Fsp3) is 0.440. The highest BCUT2D eigenvalue weighted by atomic mass is 16.6. The minimum Gasteiger partial charge on any atom is -0.480 e. The van der Waals surface area contributed by atoms with Gasteiger partial charge in [0.05, 0.1) is 0 Å². The molecule has 1 amide bonds. The SMILES string of the molecule is CN(C(=O)OCC1c2ccccc2-c2ccccc21)[C@H](CC1CCCCC1)C(=O)O. The molecular formula is C25H29NO4. The van der Waals surface area contributed by atoms with Crippen LogP contribution in [0.15, 0.2) is 48.5 Å².